The molecule has 3 unspecified atom stereocenters. The minimum Gasteiger partial charge on any atom is -0.481 e. The number of carboxylic acids is 1. The van der Waals surface area contributed by atoms with Crippen molar-refractivity contribution in [2.75, 3.05) is 105 Å². The third-order valence-corrected chi connectivity index (χ3v) is 24.9. The third kappa shape index (κ3) is 39.7. The summed E-state index contributed by atoms with van der Waals surface area (Å²) in [6, 6.07) is 7.89. The van der Waals surface area contributed by atoms with Gasteiger partial charge in [0.15, 0.2) is 24.9 Å². The minimum absolute atomic E-state index is 0.00120. The number of ketones is 1. The van der Waals surface area contributed by atoms with Gasteiger partial charge in [0.25, 0.3) is 5.91 Å². The number of anilines is 1. The van der Waals surface area contributed by atoms with Gasteiger partial charge < -0.3 is 101 Å². The number of thioether (sulfide) groups is 1. The number of benzene rings is 2. The number of aromatic nitrogens is 1. The van der Waals surface area contributed by atoms with E-state index >= 15 is 4.79 Å². The number of piperidine rings is 1. The number of imide groups is 1. The predicted molar refractivity (Wildman–Crippen MR) is 491 cm³/mol. The molecule has 0 saturated carbocycles. The number of alkyl carbamates (subject to hydrolysis) is 1. The molecule has 0 spiro atoms. The van der Waals surface area contributed by atoms with E-state index in [0.717, 1.165) is 30.7 Å². The summed E-state index contributed by atoms with van der Waals surface area (Å²) in [5, 5.41) is 39.3. The van der Waals surface area contributed by atoms with Gasteiger partial charge in [-0.25, -0.2) is 24.2 Å². The molecule has 41 heteroatoms. The Morgan fingerprint density at radius 2 is 1.42 bits per heavy atom. The number of esters is 2. The molecule has 11 N–H and O–H groups in total. The monoisotopic (exact) mass is 1890 g/mol. The van der Waals surface area contributed by atoms with Gasteiger partial charge in [-0.3, -0.25) is 67.3 Å². The molecule has 0 aliphatic carbocycles. The SMILES string of the molecule is CCC(CO)OC(COC(=O)NCCC(=O)NCCSC1CC(=O)N(CCCCCC(=O)N[C@H](C(=O)N[C@@H](CCCNC(N)=O)C(=O)Nc2ccc(COC(=O)N(C)CCN(C)C(=O)Oc3ccc(C[C@@H](C[C@H](C)C(=O)O)NC(=O)c4csc([C@@H](C[C@H](C(C)C)N(COC(=O)CC(C)C)C(=O)[C@@H](CC(=O)[C@H]5CCCCN5C)[C@@H](C)CC)OC(C)=O)n4)cc3)cc2)C(C)C)C1=O)OC. The fourth-order valence-electron chi connectivity index (χ4n) is 14.6. The number of aliphatic hydroxyl groups is 1. The lowest BCUT2D eigenvalue weighted by atomic mass is 9.82. The van der Waals surface area contributed by atoms with E-state index in [0.29, 0.717) is 61.1 Å². The zero-order chi connectivity index (χ0) is 97.8. The van der Waals surface area contributed by atoms with Crippen LogP contribution >= 0.6 is 23.1 Å². The van der Waals surface area contributed by atoms with Crippen LogP contribution in [-0.4, -0.2) is 283 Å². The molecule has 3 heterocycles. The molecule has 2 aromatic carbocycles. The molecule has 13 amide bonds. The molecule has 12 atom stereocenters. The number of nitrogens with two attached hydrogens (primary N) is 1. The topological polar surface area (TPSA) is 518 Å². The maximum atomic E-state index is 15.2. The molecule has 3 aromatic rings. The van der Waals surface area contributed by atoms with E-state index in [4.69, 9.17) is 38.9 Å². The molecule has 132 heavy (non-hydrogen) atoms. The number of amides is 13. The lowest BCUT2D eigenvalue weighted by molar-refractivity contribution is -0.181. The van der Waals surface area contributed by atoms with Crippen LogP contribution in [0.3, 0.4) is 0 Å². The Morgan fingerprint density at radius 3 is 2.05 bits per heavy atom. The Hall–Kier alpha value is -10.6. The van der Waals surface area contributed by atoms with Crippen LogP contribution < -0.4 is 47.7 Å². The summed E-state index contributed by atoms with van der Waals surface area (Å²) in [4.78, 5) is 223. The number of aliphatic hydroxyl groups excluding tert-OH is 1. The van der Waals surface area contributed by atoms with Crippen molar-refractivity contribution in [3.8, 4) is 5.75 Å². The van der Waals surface area contributed by atoms with Gasteiger partial charge in [0, 0.05) is 141 Å². The van der Waals surface area contributed by atoms with Gasteiger partial charge in [-0.15, -0.1) is 23.1 Å². The number of carbonyl (C=O) groups is 16. The van der Waals surface area contributed by atoms with Crippen molar-refractivity contribution in [1.29, 1.82) is 0 Å². The zero-order valence-corrected chi connectivity index (χ0v) is 80.6. The van der Waals surface area contributed by atoms with Gasteiger partial charge in [-0.1, -0.05) is 113 Å². The molecular weight excluding hydrogens is 1750 g/mol. The van der Waals surface area contributed by atoms with Crippen molar-refractivity contribution in [2.24, 2.45) is 41.2 Å². The summed E-state index contributed by atoms with van der Waals surface area (Å²) in [7, 11) is 6.24. The summed E-state index contributed by atoms with van der Waals surface area (Å²) < 4.78 is 38.6. The summed E-state index contributed by atoms with van der Waals surface area (Å²) in [6.07, 6.45) is 0.623. The number of hydrogen-bond donors (Lipinski definition) is 10. The van der Waals surface area contributed by atoms with E-state index < -0.39 is 138 Å². The number of hydrogen-bond acceptors (Lipinski definition) is 28. The minimum atomic E-state index is -1.15. The van der Waals surface area contributed by atoms with E-state index in [9.17, 15) is 82.1 Å². The van der Waals surface area contributed by atoms with E-state index in [1.54, 1.807) is 50.2 Å². The number of nitrogens with zero attached hydrogens (tertiary/aromatic N) is 6. The number of primary amides is 1. The normalized spacial score (nSPS) is 16.2. The fourth-order valence-corrected chi connectivity index (χ4v) is 16.5. The summed E-state index contributed by atoms with van der Waals surface area (Å²) in [6.45, 7) is 19.6. The van der Waals surface area contributed by atoms with E-state index in [1.165, 1.54) is 83.9 Å². The van der Waals surface area contributed by atoms with Crippen molar-refractivity contribution in [3.63, 3.8) is 0 Å². The van der Waals surface area contributed by atoms with Gasteiger partial charge in [-0.2, -0.15) is 0 Å². The summed E-state index contributed by atoms with van der Waals surface area (Å²) >= 11 is 2.29. The van der Waals surface area contributed by atoms with Crippen molar-refractivity contribution in [1.82, 2.24) is 61.4 Å². The standard InChI is InChI=1S/C91H140N14O25S2/c1-16-58(9)67(47-72(108)70-25-20-22-39-101(70)12)85(116)105(54-127-78(112)44-55(3)4)71(56(5)6)48-73(128-60(11)107)84-99-69(53-132-84)82(114)97-64(45-59(10)87(118)119)46-61-29-33-66(34-30-61)130-91(123)103(14)42-41-102(13)90(122)126-51-62-27-31-63(32-28-62)96-81(113)68(24-23-36-94-88(92)120)98-83(115)80(57(7)8)100-76(110)26-19-18-21-40-104-77(111)49-74(86(104)117)131-43-38-93-75(109)35-37-95-89(121)125-52-79(124-15)129-65(17-2)50-106/h27-34,53,55-59,64-65,67-68,70-71,73-74,79-80,106H,16-26,35-52,54H2,1-15H3,(H,93,109)(H,95,121)(H,96,113)(H,97,114)(H,98,115)(H,100,110)(H,118,119)(H3,92,94,120)/t58-,59-,64+,65?,67-,68-,70+,71+,73+,74?,79?,80-/m0/s1. The summed E-state index contributed by atoms with van der Waals surface area (Å²) in [5.41, 5.74) is 6.72. The number of Topliss-reactive ketones (excluding diaryl/α,β-unsaturated/α-hetero) is 1. The van der Waals surface area contributed by atoms with Gasteiger partial charge in [0.05, 0.1) is 29.9 Å². The van der Waals surface area contributed by atoms with E-state index in [-0.39, 0.29) is 193 Å². The molecule has 2 aliphatic rings. The lowest BCUT2D eigenvalue weighted by Crippen LogP contribution is -2.54. The molecular formula is C91H140N14O25S2. The highest BCUT2D eigenvalue weighted by Crippen LogP contribution is 2.35. The van der Waals surface area contributed by atoms with Crippen LogP contribution in [0, 0.1) is 35.5 Å². The Kier molecular flexibility index (Phi) is 49.5. The predicted octanol–water partition coefficient (Wildman–Crippen LogP) is 8.22. The second-order valence-electron chi connectivity index (χ2n) is 34.5. The molecule has 1 aromatic heterocycles. The Labute approximate surface area is 781 Å². The first-order chi connectivity index (χ1) is 62.6. The number of likely N-dealkylation sites (tertiary alicyclic amines) is 2. The van der Waals surface area contributed by atoms with Crippen LogP contribution in [0.2, 0.25) is 0 Å². The third-order valence-electron chi connectivity index (χ3n) is 22.7. The number of urea groups is 1. The van der Waals surface area contributed by atoms with E-state index in [2.05, 4.69) is 42.2 Å². The number of thiazole rings is 1. The molecule has 39 nitrogen and oxygen atoms in total. The van der Waals surface area contributed by atoms with Gasteiger partial charge >= 0.3 is 42.2 Å². The number of ether oxygens (including phenoxy) is 7. The van der Waals surface area contributed by atoms with Gasteiger partial charge in [-0.05, 0) is 130 Å². The Morgan fingerprint density at radius 1 is 0.735 bits per heavy atom. The smallest absolute Gasteiger partial charge is 0.415 e. The highest BCUT2D eigenvalue weighted by atomic mass is 32.2. The number of unbranched alkanes of at least 4 members (excludes halogenated alkanes) is 2. The zero-order valence-electron chi connectivity index (χ0n) is 78.9. The first-order valence-electron chi connectivity index (χ1n) is 45.4. The Balaban J connectivity index is 1.08. The van der Waals surface area contributed by atoms with Crippen molar-refractivity contribution in [3.05, 3.63) is 75.7 Å². The maximum Gasteiger partial charge on any atom is 0.415 e. The van der Waals surface area contributed by atoms with Crippen molar-refractivity contribution >= 4 is 124 Å². The molecule has 2 fully saturated rings. The van der Waals surface area contributed by atoms with Crippen molar-refractivity contribution in [2.45, 2.75) is 252 Å². The molecule has 0 bridgehead atoms. The lowest BCUT2D eigenvalue weighted by Gasteiger charge is -2.39. The number of carbonyl (C=O) groups excluding carboxylic acids is 15. The van der Waals surface area contributed by atoms with Crippen LogP contribution in [0.15, 0.2) is 53.9 Å². The van der Waals surface area contributed by atoms with Crippen LogP contribution in [0.5, 0.6) is 5.75 Å². The second-order valence-corrected chi connectivity index (χ2v) is 36.7. The number of methoxy groups -OCH3 is 1. The quantitative estimate of drug-likeness (QED) is 0.00836. The number of likely N-dealkylation sites (N-methyl/N-ethyl adjacent to an activating group) is 3. The van der Waals surface area contributed by atoms with Crippen LogP contribution in [0.25, 0.3) is 0 Å². The molecule has 5 rings (SSSR count). The van der Waals surface area contributed by atoms with Crippen molar-refractivity contribution < 1.29 is 120 Å². The number of carboxylic acid groups (broad SMARTS) is 1. The summed E-state index contributed by atoms with van der Waals surface area (Å²) in [5.74, 6) is -8.24. The molecule has 2 saturated heterocycles. The molecule has 0 radical (unpaired) electrons. The highest BCUT2D eigenvalue weighted by molar-refractivity contribution is 8.00. The van der Waals surface area contributed by atoms with Crippen LogP contribution in [0.4, 0.5) is 24.9 Å². The van der Waals surface area contributed by atoms with E-state index in [1.807, 2.05) is 60.4 Å². The average molecular weight is 1890 g/mol. The van der Waals surface area contributed by atoms with Crippen LogP contribution in [0.1, 0.15) is 218 Å². The largest absolute Gasteiger partial charge is 0.481 e. The second kappa shape index (κ2) is 58.4. The molecule has 736 valence electrons. The number of aliphatic carboxylic acids is 1. The number of rotatable bonds is 59. The average Bonchev–Trinajstić information content (AvgIpc) is 1.39. The molecule has 2 aliphatic heterocycles. The fraction of sp³-hybridized carbons (Fsp3) is 0.659. The first kappa shape index (κ1) is 112. The van der Waals surface area contributed by atoms with Gasteiger partial charge in [0.1, 0.15) is 41.7 Å². The maximum absolute atomic E-state index is 15.2. The number of nitrogens with one attached hydrogen (secondary N) is 7. The first-order valence-corrected chi connectivity index (χ1v) is 47.3. The Bertz CT molecular complexity index is 4250. The van der Waals surface area contributed by atoms with Crippen LogP contribution in [-0.2, 0) is 94.2 Å². The van der Waals surface area contributed by atoms with Gasteiger partial charge in [0.2, 0.25) is 41.4 Å². The highest BCUT2D eigenvalue weighted by Gasteiger charge is 2.42.